The third-order valence-electron chi connectivity index (χ3n) is 7.52. The van der Waals surface area contributed by atoms with E-state index in [-0.39, 0.29) is 47.1 Å². The maximum absolute atomic E-state index is 12.9. The highest BCUT2D eigenvalue weighted by molar-refractivity contribution is 5.81. The van der Waals surface area contributed by atoms with Gasteiger partial charge in [-0.05, 0) is 68.4 Å². The Bertz CT molecular complexity index is 881. The fourth-order valence-electron chi connectivity index (χ4n) is 6.38. The van der Waals surface area contributed by atoms with Gasteiger partial charge in [0.1, 0.15) is 18.0 Å². The summed E-state index contributed by atoms with van der Waals surface area (Å²) in [6, 6.07) is 5.34. The van der Waals surface area contributed by atoms with Crippen molar-refractivity contribution in [1.82, 2.24) is 15.1 Å². The van der Waals surface area contributed by atoms with E-state index in [0.29, 0.717) is 24.8 Å². The number of nitriles is 1. The second-order valence-electron chi connectivity index (χ2n) is 9.45. The van der Waals surface area contributed by atoms with E-state index in [4.69, 9.17) is 15.7 Å². The van der Waals surface area contributed by atoms with Gasteiger partial charge < -0.3 is 20.7 Å². The molecule has 2 amide bonds. The minimum absolute atomic E-state index is 0.0661. The number of hydrogen-bond donors (Lipinski definition) is 2. The zero-order valence-corrected chi connectivity index (χ0v) is 16.8. The summed E-state index contributed by atoms with van der Waals surface area (Å²) in [4.78, 5) is 26.7. The molecule has 1 aromatic heterocycles. The fraction of sp³-hybridized carbons (Fsp3) is 0.667. The normalized spacial score (nSPS) is 36.4. The maximum Gasteiger partial charge on any atom is 0.410 e. The predicted octanol–water partition coefficient (Wildman–Crippen LogP) is 1.65. The van der Waals surface area contributed by atoms with Crippen molar-refractivity contribution in [3.63, 3.8) is 0 Å². The summed E-state index contributed by atoms with van der Waals surface area (Å²) in [7, 11) is 0. The van der Waals surface area contributed by atoms with Crippen molar-refractivity contribution in [3.05, 3.63) is 17.8 Å². The van der Waals surface area contributed by atoms with Crippen LogP contribution in [0.5, 0.6) is 0 Å². The van der Waals surface area contributed by atoms with E-state index in [1.54, 1.807) is 17.0 Å². The molecule has 158 valence electrons. The first-order valence-corrected chi connectivity index (χ1v) is 10.7. The lowest BCUT2D eigenvalue weighted by molar-refractivity contribution is -0.161. The van der Waals surface area contributed by atoms with Crippen LogP contribution < -0.4 is 11.1 Å². The Labute approximate surface area is 174 Å². The van der Waals surface area contributed by atoms with Crippen LogP contribution in [0.15, 0.2) is 12.1 Å². The van der Waals surface area contributed by atoms with E-state index in [2.05, 4.69) is 15.5 Å². The Morgan fingerprint density at radius 1 is 1.23 bits per heavy atom. The van der Waals surface area contributed by atoms with Crippen molar-refractivity contribution in [3.8, 4) is 6.07 Å². The lowest BCUT2D eigenvalue weighted by Crippen LogP contribution is -2.59. The molecule has 9 heteroatoms. The van der Waals surface area contributed by atoms with Crippen molar-refractivity contribution >= 4 is 17.8 Å². The first-order chi connectivity index (χ1) is 14.5. The predicted molar refractivity (Wildman–Crippen MR) is 106 cm³/mol. The number of nitrogens with two attached hydrogens (primary N) is 1. The standard InChI is InChI=1S/C21H26N6O3/c22-10-15-1-2-17(26-25-15)24-16-3-4-27(11-16)20(29)30-18-13-5-12-6-14(18)9-21(7-12,8-13)19(23)28/h1-2,12-14,16,18H,3-9,11H2,(H2,23,28)(H,24,26)/t12?,13-,14-,16?,18?,21?/m1/s1. The van der Waals surface area contributed by atoms with Gasteiger partial charge in [0.15, 0.2) is 5.69 Å². The number of ether oxygens (including phenoxy) is 1. The molecular weight excluding hydrogens is 384 g/mol. The van der Waals surface area contributed by atoms with Crippen molar-refractivity contribution in [1.29, 1.82) is 5.26 Å². The van der Waals surface area contributed by atoms with Gasteiger partial charge >= 0.3 is 6.09 Å². The van der Waals surface area contributed by atoms with E-state index < -0.39 is 0 Å². The number of aromatic nitrogens is 2. The average molecular weight is 410 g/mol. The molecule has 6 rings (SSSR count). The second-order valence-corrected chi connectivity index (χ2v) is 9.45. The molecule has 5 aliphatic rings. The van der Waals surface area contributed by atoms with Crippen LogP contribution in [0, 0.1) is 34.5 Å². The van der Waals surface area contributed by atoms with Gasteiger partial charge in [-0.3, -0.25) is 4.79 Å². The SMILES string of the molecule is N#Cc1ccc(NC2CCN(C(=O)OC3[C@@H]4CC5C[C@@H]3CC(C(N)=O)(C5)C4)C2)nn1. The summed E-state index contributed by atoms with van der Waals surface area (Å²) in [6.07, 6.45) is 4.92. The Balaban J connectivity index is 1.18. The molecule has 1 saturated heterocycles. The molecule has 4 bridgehead atoms. The van der Waals surface area contributed by atoms with Gasteiger partial charge in [-0.15, -0.1) is 10.2 Å². The van der Waals surface area contributed by atoms with Crippen LogP contribution in [0.4, 0.5) is 10.6 Å². The highest BCUT2D eigenvalue weighted by Crippen LogP contribution is 2.60. The van der Waals surface area contributed by atoms with Crippen LogP contribution in [-0.4, -0.2) is 52.3 Å². The number of nitrogens with zero attached hydrogens (tertiary/aromatic N) is 4. The molecule has 4 aliphatic carbocycles. The highest BCUT2D eigenvalue weighted by atomic mass is 16.6. The Morgan fingerprint density at radius 3 is 2.63 bits per heavy atom. The van der Waals surface area contributed by atoms with Crippen LogP contribution in [0.2, 0.25) is 0 Å². The summed E-state index contributed by atoms with van der Waals surface area (Å²) in [5, 5.41) is 19.9. The van der Waals surface area contributed by atoms with Crippen LogP contribution in [-0.2, 0) is 9.53 Å². The third-order valence-corrected chi connectivity index (χ3v) is 7.52. The second kappa shape index (κ2) is 7.11. The van der Waals surface area contributed by atoms with Crippen molar-refractivity contribution < 1.29 is 14.3 Å². The van der Waals surface area contributed by atoms with E-state index in [0.717, 1.165) is 38.5 Å². The van der Waals surface area contributed by atoms with Crippen LogP contribution in [0.3, 0.4) is 0 Å². The number of carbonyl (C=O) groups excluding carboxylic acids is 2. The topological polar surface area (TPSA) is 134 Å². The van der Waals surface area contributed by atoms with Crippen LogP contribution in [0.1, 0.15) is 44.2 Å². The maximum atomic E-state index is 12.9. The molecule has 0 spiro atoms. The molecule has 9 nitrogen and oxygen atoms in total. The molecule has 3 N–H and O–H groups in total. The Kier molecular flexibility index (Phi) is 4.53. The fourth-order valence-corrected chi connectivity index (χ4v) is 6.38. The molecule has 30 heavy (non-hydrogen) atoms. The molecule has 2 heterocycles. The molecule has 4 saturated carbocycles. The highest BCUT2D eigenvalue weighted by Gasteiger charge is 2.59. The summed E-state index contributed by atoms with van der Waals surface area (Å²) >= 11 is 0. The summed E-state index contributed by atoms with van der Waals surface area (Å²) < 4.78 is 6.01. The summed E-state index contributed by atoms with van der Waals surface area (Å²) in [5.74, 6) is 1.45. The average Bonchev–Trinajstić information content (AvgIpc) is 3.19. The first-order valence-electron chi connectivity index (χ1n) is 10.7. The molecular formula is C21H26N6O3. The van der Waals surface area contributed by atoms with Crippen molar-refractivity contribution in [2.45, 2.75) is 50.7 Å². The van der Waals surface area contributed by atoms with Crippen molar-refractivity contribution in [2.75, 3.05) is 18.4 Å². The Morgan fingerprint density at radius 2 is 2.00 bits per heavy atom. The quantitative estimate of drug-likeness (QED) is 0.770. The summed E-state index contributed by atoms with van der Waals surface area (Å²) in [6.45, 7) is 1.16. The van der Waals surface area contributed by atoms with Gasteiger partial charge in [-0.25, -0.2) is 4.79 Å². The van der Waals surface area contributed by atoms with Gasteiger partial charge in [0.2, 0.25) is 5.91 Å². The number of anilines is 1. The van der Waals surface area contributed by atoms with Gasteiger partial charge in [0.25, 0.3) is 0 Å². The number of carbonyl (C=O) groups is 2. The zero-order valence-electron chi connectivity index (χ0n) is 16.8. The number of likely N-dealkylation sites (tertiary alicyclic amines) is 1. The number of rotatable bonds is 4. The molecule has 1 unspecified atom stereocenters. The number of nitrogens with one attached hydrogen (secondary N) is 1. The molecule has 1 aliphatic heterocycles. The van der Waals surface area contributed by atoms with Gasteiger partial charge in [0, 0.05) is 19.1 Å². The molecule has 1 aromatic rings. The monoisotopic (exact) mass is 410 g/mol. The van der Waals surface area contributed by atoms with Gasteiger partial charge in [-0.1, -0.05) is 0 Å². The van der Waals surface area contributed by atoms with Crippen molar-refractivity contribution in [2.24, 2.45) is 28.9 Å². The largest absolute Gasteiger partial charge is 0.446 e. The van der Waals surface area contributed by atoms with Gasteiger partial charge in [-0.2, -0.15) is 5.26 Å². The third kappa shape index (κ3) is 3.24. The molecule has 3 atom stereocenters. The van der Waals surface area contributed by atoms with Crippen LogP contribution >= 0.6 is 0 Å². The lowest BCUT2D eigenvalue weighted by Gasteiger charge is -2.58. The Hall–Kier alpha value is -2.89. The van der Waals surface area contributed by atoms with Gasteiger partial charge in [0.05, 0.1) is 5.41 Å². The zero-order chi connectivity index (χ0) is 20.9. The van der Waals surface area contributed by atoms with E-state index in [9.17, 15) is 9.59 Å². The van der Waals surface area contributed by atoms with E-state index in [1.165, 1.54) is 0 Å². The summed E-state index contributed by atoms with van der Waals surface area (Å²) in [5.41, 5.74) is 5.64. The minimum Gasteiger partial charge on any atom is -0.446 e. The molecule has 5 fully saturated rings. The van der Waals surface area contributed by atoms with E-state index in [1.807, 2.05) is 6.07 Å². The minimum atomic E-state index is -0.371. The number of hydrogen-bond acceptors (Lipinski definition) is 7. The van der Waals surface area contributed by atoms with E-state index >= 15 is 0 Å². The van der Waals surface area contributed by atoms with Crippen LogP contribution in [0.25, 0.3) is 0 Å². The first kappa shape index (κ1) is 19.1. The smallest absolute Gasteiger partial charge is 0.410 e. The molecule has 0 aromatic carbocycles. The number of amides is 2. The number of primary amides is 1. The lowest BCUT2D eigenvalue weighted by atomic mass is 9.48. The molecule has 0 radical (unpaired) electrons.